The smallest absolute Gasteiger partial charge is 0.160 e. The van der Waals surface area contributed by atoms with Gasteiger partial charge in [-0.05, 0) is 53.9 Å². The minimum absolute atomic E-state index is 0.631. The first kappa shape index (κ1) is 20.5. The molecule has 0 spiro atoms. The van der Waals surface area contributed by atoms with Crippen molar-refractivity contribution >= 4 is 17.3 Å². The van der Waals surface area contributed by atoms with Crippen LogP contribution in [0.3, 0.4) is 0 Å². The fraction of sp³-hybridized carbons (Fsp3) is 0.545. The average Bonchev–Trinajstić information content (AvgIpc) is 3.33. The van der Waals surface area contributed by atoms with Crippen LogP contribution in [-0.2, 0) is 0 Å². The average molecular weight is 410 g/mol. The summed E-state index contributed by atoms with van der Waals surface area (Å²) in [5, 5.41) is 18.3. The zero-order chi connectivity index (χ0) is 21.5. The molecule has 1 saturated heterocycles. The second-order valence-electron chi connectivity index (χ2n) is 8.81. The Kier molecular flexibility index (Phi) is 5.36. The van der Waals surface area contributed by atoms with Gasteiger partial charge in [0.25, 0.3) is 0 Å². The Morgan fingerprint density at radius 2 is 1.70 bits per heavy atom. The first-order valence-electron chi connectivity index (χ1n) is 10.7. The van der Waals surface area contributed by atoms with E-state index in [4.69, 9.17) is 15.1 Å². The maximum atomic E-state index is 10.1. The third-order valence-electron chi connectivity index (χ3n) is 5.61. The molecule has 0 aliphatic carbocycles. The molecule has 0 atom stereocenters. The number of aryl methyl sites for hydroxylation is 3. The summed E-state index contributed by atoms with van der Waals surface area (Å²) in [5.74, 6) is 1.83. The molecular weight excluding hydrogens is 378 g/mol. The standard InChI is InChI=1S/C22H31N7O/c1-14-15(2)25-21(16(3)24-14)17-12-20-26-19(28-10-6-7-11-28)13-18(29(20)27-17)23-9-8-22(4,5)30/h12-13,23,30H,6-11H2,1-5H3. The molecule has 160 valence electrons. The summed E-state index contributed by atoms with van der Waals surface area (Å²) < 4.78 is 1.83. The minimum Gasteiger partial charge on any atom is -0.390 e. The fourth-order valence-corrected chi connectivity index (χ4v) is 3.77. The Hall–Kier alpha value is -2.74. The normalized spacial score (nSPS) is 14.7. The van der Waals surface area contributed by atoms with E-state index in [1.165, 1.54) is 12.8 Å². The van der Waals surface area contributed by atoms with E-state index in [1.54, 1.807) is 0 Å². The predicted molar refractivity (Wildman–Crippen MR) is 119 cm³/mol. The number of anilines is 2. The molecule has 30 heavy (non-hydrogen) atoms. The van der Waals surface area contributed by atoms with Gasteiger partial charge < -0.3 is 15.3 Å². The van der Waals surface area contributed by atoms with Crippen LogP contribution in [0.15, 0.2) is 12.1 Å². The summed E-state index contributed by atoms with van der Waals surface area (Å²) in [6.45, 7) is 12.2. The number of hydrogen-bond donors (Lipinski definition) is 2. The molecule has 4 rings (SSSR count). The second-order valence-corrected chi connectivity index (χ2v) is 8.81. The Bertz CT molecular complexity index is 1060. The van der Waals surface area contributed by atoms with E-state index in [0.29, 0.717) is 13.0 Å². The summed E-state index contributed by atoms with van der Waals surface area (Å²) >= 11 is 0. The third-order valence-corrected chi connectivity index (χ3v) is 5.61. The summed E-state index contributed by atoms with van der Waals surface area (Å²) in [6, 6.07) is 4.03. The highest BCUT2D eigenvalue weighted by atomic mass is 16.3. The molecule has 0 unspecified atom stereocenters. The van der Waals surface area contributed by atoms with Gasteiger partial charge in [-0.2, -0.15) is 9.61 Å². The molecule has 3 aromatic rings. The lowest BCUT2D eigenvalue weighted by molar-refractivity contribution is 0.0748. The molecule has 4 heterocycles. The number of fused-ring (bicyclic) bond motifs is 1. The van der Waals surface area contributed by atoms with Crippen LogP contribution in [0, 0.1) is 20.8 Å². The van der Waals surface area contributed by atoms with Gasteiger partial charge >= 0.3 is 0 Å². The Labute approximate surface area is 177 Å². The molecule has 0 bridgehead atoms. The van der Waals surface area contributed by atoms with Gasteiger partial charge in [-0.3, -0.25) is 4.98 Å². The predicted octanol–water partition coefficient (Wildman–Crippen LogP) is 3.28. The van der Waals surface area contributed by atoms with Gasteiger partial charge in [0, 0.05) is 31.8 Å². The molecule has 0 saturated carbocycles. The molecule has 0 radical (unpaired) electrons. The molecule has 0 amide bonds. The van der Waals surface area contributed by atoms with Crippen molar-refractivity contribution < 1.29 is 5.11 Å². The number of rotatable bonds is 6. The Morgan fingerprint density at radius 3 is 2.40 bits per heavy atom. The SMILES string of the molecule is Cc1nc(C)c(-c2cc3nc(N4CCCC4)cc(NCCC(C)(C)O)n3n2)nc1C. The number of nitrogens with zero attached hydrogens (tertiary/aromatic N) is 6. The number of aromatic nitrogens is 5. The van der Waals surface area contributed by atoms with Crippen molar-refractivity contribution in [1.82, 2.24) is 24.6 Å². The maximum Gasteiger partial charge on any atom is 0.160 e. The summed E-state index contributed by atoms with van der Waals surface area (Å²) in [4.78, 5) is 16.5. The molecule has 0 aromatic carbocycles. The molecule has 1 aliphatic rings. The van der Waals surface area contributed by atoms with Gasteiger partial charge in [0.1, 0.15) is 23.0 Å². The van der Waals surface area contributed by atoms with Crippen molar-refractivity contribution in [1.29, 1.82) is 0 Å². The molecule has 1 fully saturated rings. The molecule has 3 aromatic heterocycles. The van der Waals surface area contributed by atoms with Crippen LogP contribution in [0.25, 0.3) is 17.0 Å². The molecule has 8 heteroatoms. The highest BCUT2D eigenvalue weighted by molar-refractivity contribution is 5.67. The lowest BCUT2D eigenvalue weighted by Crippen LogP contribution is -2.24. The molecule has 1 aliphatic heterocycles. The lowest BCUT2D eigenvalue weighted by atomic mass is 10.1. The third kappa shape index (κ3) is 4.23. The Morgan fingerprint density at radius 1 is 1.00 bits per heavy atom. The quantitative estimate of drug-likeness (QED) is 0.645. The van der Waals surface area contributed by atoms with Crippen LogP contribution in [0.5, 0.6) is 0 Å². The van der Waals surface area contributed by atoms with Crippen molar-refractivity contribution in [2.24, 2.45) is 0 Å². The van der Waals surface area contributed by atoms with Crippen molar-refractivity contribution in [2.45, 2.75) is 59.5 Å². The van der Waals surface area contributed by atoms with E-state index >= 15 is 0 Å². The van der Waals surface area contributed by atoms with Gasteiger partial charge in [-0.1, -0.05) is 0 Å². The maximum absolute atomic E-state index is 10.1. The lowest BCUT2D eigenvalue weighted by Gasteiger charge is -2.20. The van der Waals surface area contributed by atoms with Crippen LogP contribution < -0.4 is 10.2 Å². The van der Waals surface area contributed by atoms with Crippen molar-refractivity contribution in [3.05, 3.63) is 29.2 Å². The second kappa shape index (κ2) is 7.83. The van der Waals surface area contributed by atoms with Crippen LogP contribution in [-0.4, -0.2) is 54.9 Å². The summed E-state index contributed by atoms with van der Waals surface area (Å²) in [5.41, 5.74) is 4.30. The first-order chi connectivity index (χ1) is 14.2. The van der Waals surface area contributed by atoms with Crippen LogP contribution in [0.2, 0.25) is 0 Å². The number of aliphatic hydroxyl groups is 1. The van der Waals surface area contributed by atoms with E-state index in [0.717, 1.165) is 58.8 Å². The van der Waals surface area contributed by atoms with Gasteiger partial charge in [0.05, 0.1) is 22.7 Å². The molecule has 2 N–H and O–H groups in total. The molecule has 8 nitrogen and oxygen atoms in total. The zero-order valence-corrected chi connectivity index (χ0v) is 18.5. The summed E-state index contributed by atoms with van der Waals surface area (Å²) in [7, 11) is 0. The number of hydrogen-bond acceptors (Lipinski definition) is 7. The molecular formula is C22H31N7O. The fourth-order valence-electron chi connectivity index (χ4n) is 3.77. The highest BCUT2D eigenvalue weighted by Gasteiger charge is 2.20. The van der Waals surface area contributed by atoms with Gasteiger partial charge in [0.15, 0.2) is 5.65 Å². The topological polar surface area (TPSA) is 91.5 Å². The minimum atomic E-state index is -0.724. The van der Waals surface area contributed by atoms with Crippen LogP contribution >= 0.6 is 0 Å². The largest absolute Gasteiger partial charge is 0.390 e. The van der Waals surface area contributed by atoms with E-state index in [9.17, 15) is 5.11 Å². The van der Waals surface area contributed by atoms with E-state index in [-0.39, 0.29) is 0 Å². The number of nitrogens with one attached hydrogen (secondary N) is 1. The first-order valence-corrected chi connectivity index (χ1v) is 10.7. The van der Waals surface area contributed by atoms with Gasteiger partial charge in [-0.25, -0.2) is 9.97 Å². The monoisotopic (exact) mass is 409 g/mol. The highest BCUT2D eigenvalue weighted by Crippen LogP contribution is 2.27. The van der Waals surface area contributed by atoms with Crippen LogP contribution in [0.4, 0.5) is 11.6 Å². The van der Waals surface area contributed by atoms with Crippen molar-refractivity contribution in [3.8, 4) is 11.4 Å². The van der Waals surface area contributed by atoms with E-state index in [1.807, 2.05) is 45.2 Å². The van der Waals surface area contributed by atoms with E-state index < -0.39 is 5.60 Å². The van der Waals surface area contributed by atoms with Crippen LogP contribution in [0.1, 0.15) is 50.2 Å². The van der Waals surface area contributed by atoms with Crippen molar-refractivity contribution in [2.75, 3.05) is 29.9 Å². The van der Waals surface area contributed by atoms with E-state index in [2.05, 4.69) is 21.3 Å². The van der Waals surface area contributed by atoms with Gasteiger partial charge in [0.2, 0.25) is 0 Å². The Balaban J connectivity index is 1.76. The van der Waals surface area contributed by atoms with Gasteiger partial charge in [-0.15, -0.1) is 0 Å². The summed E-state index contributed by atoms with van der Waals surface area (Å²) in [6.07, 6.45) is 3.01. The zero-order valence-electron chi connectivity index (χ0n) is 18.5. The van der Waals surface area contributed by atoms with Crippen molar-refractivity contribution in [3.63, 3.8) is 0 Å².